The molecule has 0 aliphatic heterocycles. The fraction of sp³-hybridized carbons (Fsp3) is 1.00. The third-order valence-electron chi connectivity index (χ3n) is 4.59. The van der Waals surface area contributed by atoms with Gasteiger partial charge in [-0.1, -0.05) is 6.42 Å². The summed E-state index contributed by atoms with van der Waals surface area (Å²) >= 11 is 0. The van der Waals surface area contributed by atoms with E-state index in [1.807, 2.05) is 0 Å². The molecule has 0 radical (unpaired) electrons. The maximum atomic E-state index is 9.65. The van der Waals surface area contributed by atoms with E-state index in [9.17, 15) is 5.11 Å². The number of hydrogen-bond donors (Lipinski definition) is 1. The molecule has 3 fully saturated rings. The van der Waals surface area contributed by atoms with Crippen molar-refractivity contribution in [3.63, 3.8) is 0 Å². The van der Waals surface area contributed by atoms with E-state index in [-0.39, 0.29) is 6.10 Å². The first-order valence-electron chi connectivity index (χ1n) is 5.52. The Hall–Kier alpha value is -0.0400. The predicted molar refractivity (Wildman–Crippen MR) is 47.7 cm³/mol. The van der Waals surface area contributed by atoms with Gasteiger partial charge in [-0.25, -0.2) is 0 Å². The molecule has 3 rings (SSSR count). The smallest absolute Gasteiger partial charge is 0.0545 e. The molecule has 0 aromatic carbocycles. The van der Waals surface area contributed by atoms with Crippen molar-refractivity contribution in [3.8, 4) is 0 Å². The lowest BCUT2D eigenvalue weighted by atomic mass is 9.83. The van der Waals surface area contributed by atoms with E-state index in [1.54, 1.807) is 0 Å². The van der Waals surface area contributed by atoms with Gasteiger partial charge in [0.1, 0.15) is 0 Å². The highest BCUT2D eigenvalue weighted by Gasteiger charge is 2.48. The Balaban J connectivity index is 1.86. The zero-order valence-electron chi connectivity index (χ0n) is 7.58. The second-order valence-electron chi connectivity index (χ2n) is 5.14. The van der Waals surface area contributed by atoms with Crippen LogP contribution in [-0.2, 0) is 0 Å². The Morgan fingerprint density at radius 3 is 2.00 bits per heavy atom. The average molecular weight is 166 g/mol. The molecule has 3 saturated carbocycles. The van der Waals surface area contributed by atoms with Crippen LogP contribution in [0.4, 0.5) is 0 Å². The molecule has 68 valence electrons. The van der Waals surface area contributed by atoms with Crippen molar-refractivity contribution >= 4 is 0 Å². The Morgan fingerprint density at radius 1 is 0.833 bits per heavy atom. The molecule has 4 unspecified atom stereocenters. The summed E-state index contributed by atoms with van der Waals surface area (Å²) in [6, 6.07) is 0. The van der Waals surface area contributed by atoms with Crippen molar-refractivity contribution in [2.24, 2.45) is 23.7 Å². The molecule has 0 heterocycles. The van der Waals surface area contributed by atoms with Gasteiger partial charge in [0.2, 0.25) is 0 Å². The molecule has 1 heteroatoms. The number of aliphatic hydroxyl groups excluding tert-OH is 1. The lowest BCUT2D eigenvalue weighted by Gasteiger charge is -2.25. The highest BCUT2D eigenvalue weighted by atomic mass is 16.3. The van der Waals surface area contributed by atoms with Crippen molar-refractivity contribution in [1.29, 1.82) is 0 Å². The van der Waals surface area contributed by atoms with Crippen LogP contribution < -0.4 is 0 Å². The molecule has 12 heavy (non-hydrogen) atoms. The van der Waals surface area contributed by atoms with Gasteiger partial charge < -0.3 is 5.11 Å². The minimum atomic E-state index is 0.0550. The van der Waals surface area contributed by atoms with Gasteiger partial charge in [-0.2, -0.15) is 0 Å². The molecule has 3 aliphatic carbocycles. The quantitative estimate of drug-likeness (QED) is 0.585. The van der Waals surface area contributed by atoms with Gasteiger partial charge in [-0.05, 0) is 55.8 Å². The first kappa shape index (κ1) is 7.37. The molecule has 1 N–H and O–H groups in total. The summed E-state index contributed by atoms with van der Waals surface area (Å²) in [6.45, 7) is 0. The zero-order chi connectivity index (χ0) is 8.13. The van der Waals surface area contributed by atoms with Crippen molar-refractivity contribution in [2.75, 3.05) is 0 Å². The fourth-order valence-electron chi connectivity index (χ4n) is 4.26. The van der Waals surface area contributed by atoms with E-state index in [1.165, 1.54) is 25.7 Å². The standard InChI is InChI=1S/C11H18O/c12-9-5-7-4-8(6-9)11-3-1-2-10(7)11/h7-12H,1-6H2. The molecule has 4 atom stereocenters. The molecule has 0 spiro atoms. The van der Waals surface area contributed by atoms with Crippen molar-refractivity contribution in [2.45, 2.75) is 44.6 Å². The van der Waals surface area contributed by atoms with Crippen LogP contribution in [0, 0.1) is 23.7 Å². The largest absolute Gasteiger partial charge is 0.393 e. The van der Waals surface area contributed by atoms with E-state index in [0.29, 0.717) is 0 Å². The predicted octanol–water partition coefficient (Wildman–Crippen LogP) is 2.19. The van der Waals surface area contributed by atoms with Gasteiger partial charge in [0.15, 0.2) is 0 Å². The Kier molecular flexibility index (Phi) is 1.52. The second kappa shape index (κ2) is 2.47. The lowest BCUT2D eigenvalue weighted by Crippen LogP contribution is -2.22. The minimum Gasteiger partial charge on any atom is -0.393 e. The summed E-state index contributed by atoms with van der Waals surface area (Å²) in [6.07, 6.45) is 8.16. The van der Waals surface area contributed by atoms with Crippen molar-refractivity contribution in [3.05, 3.63) is 0 Å². The van der Waals surface area contributed by atoms with Gasteiger partial charge in [0, 0.05) is 0 Å². The molecule has 3 aliphatic rings. The number of aliphatic hydroxyl groups is 1. The first-order chi connectivity index (χ1) is 5.84. The maximum absolute atomic E-state index is 9.65. The fourth-order valence-corrected chi connectivity index (χ4v) is 4.26. The maximum Gasteiger partial charge on any atom is 0.0545 e. The van der Waals surface area contributed by atoms with E-state index in [0.717, 1.165) is 36.5 Å². The number of fused-ring (bicyclic) bond motifs is 5. The monoisotopic (exact) mass is 166 g/mol. The summed E-state index contributed by atoms with van der Waals surface area (Å²) in [5.74, 6) is 3.86. The van der Waals surface area contributed by atoms with Crippen LogP contribution in [0.5, 0.6) is 0 Å². The zero-order valence-corrected chi connectivity index (χ0v) is 7.58. The lowest BCUT2D eigenvalue weighted by molar-refractivity contribution is 0.0867. The van der Waals surface area contributed by atoms with Crippen LogP contribution >= 0.6 is 0 Å². The summed E-state index contributed by atoms with van der Waals surface area (Å²) < 4.78 is 0. The molecule has 0 aromatic heterocycles. The van der Waals surface area contributed by atoms with Gasteiger partial charge in [-0.3, -0.25) is 0 Å². The third-order valence-corrected chi connectivity index (χ3v) is 4.59. The molecule has 2 bridgehead atoms. The molecule has 1 nitrogen and oxygen atoms in total. The first-order valence-corrected chi connectivity index (χ1v) is 5.52. The summed E-state index contributed by atoms with van der Waals surface area (Å²) in [5, 5.41) is 9.65. The van der Waals surface area contributed by atoms with Gasteiger partial charge in [0.05, 0.1) is 6.10 Å². The van der Waals surface area contributed by atoms with Gasteiger partial charge in [-0.15, -0.1) is 0 Å². The van der Waals surface area contributed by atoms with E-state index in [4.69, 9.17) is 0 Å². The number of hydrogen-bond acceptors (Lipinski definition) is 1. The van der Waals surface area contributed by atoms with Crippen molar-refractivity contribution < 1.29 is 5.11 Å². The third kappa shape index (κ3) is 0.891. The molecule has 0 aromatic rings. The van der Waals surface area contributed by atoms with Crippen LogP contribution in [0.3, 0.4) is 0 Å². The Bertz CT molecular complexity index is 167. The number of rotatable bonds is 0. The summed E-state index contributed by atoms with van der Waals surface area (Å²) in [4.78, 5) is 0. The normalized spacial score (nSPS) is 57.2. The Labute approximate surface area is 74.2 Å². The summed E-state index contributed by atoms with van der Waals surface area (Å²) in [7, 11) is 0. The van der Waals surface area contributed by atoms with E-state index < -0.39 is 0 Å². The SMILES string of the molecule is OC1CC2CC(C1)C1CCCC21. The summed E-state index contributed by atoms with van der Waals surface area (Å²) in [5.41, 5.74) is 0. The van der Waals surface area contributed by atoms with Crippen LogP contribution in [-0.4, -0.2) is 11.2 Å². The van der Waals surface area contributed by atoms with E-state index >= 15 is 0 Å². The highest BCUT2D eigenvalue weighted by Crippen LogP contribution is 2.56. The molecule has 0 saturated heterocycles. The second-order valence-corrected chi connectivity index (χ2v) is 5.14. The van der Waals surface area contributed by atoms with Gasteiger partial charge in [0.25, 0.3) is 0 Å². The van der Waals surface area contributed by atoms with E-state index in [2.05, 4.69) is 0 Å². The minimum absolute atomic E-state index is 0.0550. The highest BCUT2D eigenvalue weighted by molar-refractivity contribution is 4.98. The Morgan fingerprint density at radius 2 is 1.42 bits per heavy atom. The molecular weight excluding hydrogens is 148 g/mol. The molecular formula is C11H18O. The van der Waals surface area contributed by atoms with Crippen LogP contribution in [0.1, 0.15) is 38.5 Å². The van der Waals surface area contributed by atoms with Crippen LogP contribution in [0.15, 0.2) is 0 Å². The van der Waals surface area contributed by atoms with Crippen LogP contribution in [0.25, 0.3) is 0 Å². The average Bonchev–Trinajstić information content (AvgIpc) is 2.56. The van der Waals surface area contributed by atoms with Crippen LogP contribution in [0.2, 0.25) is 0 Å². The topological polar surface area (TPSA) is 20.2 Å². The van der Waals surface area contributed by atoms with Crippen molar-refractivity contribution in [1.82, 2.24) is 0 Å². The van der Waals surface area contributed by atoms with Gasteiger partial charge >= 0.3 is 0 Å². The molecule has 0 amide bonds.